The van der Waals surface area contributed by atoms with E-state index in [2.05, 4.69) is 22.8 Å². The van der Waals surface area contributed by atoms with Crippen molar-refractivity contribution in [3.8, 4) is 11.9 Å². The number of benzene rings is 2. The monoisotopic (exact) mass is 447 g/mol. The highest BCUT2D eigenvalue weighted by Gasteiger charge is 2.38. The van der Waals surface area contributed by atoms with E-state index >= 15 is 0 Å². The van der Waals surface area contributed by atoms with E-state index in [0.717, 1.165) is 25.7 Å². The van der Waals surface area contributed by atoms with Crippen LogP contribution in [0.15, 0.2) is 54.6 Å². The second kappa shape index (κ2) is 10.9. The lowest BCUT2D eigenvalue weighted by atomic mass is 9.68. The van der Waals surface area contributed by atoms with Gasteiger partial charge in [0.25, 0.3) is 5.91 Å². The number of ether oxygens (including phenoxy) is 1. The standard InChI is InChI=1S/C26H33N5O2/c1-19(2)33-23-12-8-7-11-22(23)24(32)29-17-26(20-9-5-4-6-10-20)15-13-21(14-16-26)31(3)25(28)30-18-27/h4-12,19,21H,13-17H2,1-3H3,(H2,28,30)(H,29,32). The van der Waals surface area contributed by atoms with E-state index in [0.29, 0.717) is 17.9 Å². The molecule has 3 N–H and O–H groups in total. The smallest absolute Gasteiger partial charge is 0.255 e. The summed E-state index contributed by atoms with van der Waals surface area (Å²) in [6, 6.07) is 17.8. The van der Waals surface area contributed by atoms with Gasteiger partial charge in [-0.05, 0) is 57.2 Å². The molecule has 3 rings (SSSR count). The summed E-state index contributed by atoms with van der Waals surface area (Å²) in [5.74, 6) is 0.568. The van der Waals surface area contributed by atoms with Crippen LogP contribution >= 0.6 is 0 Å². The van der Waals surface area contributed by atoms with Gasteiger partial charge in [0.15, 0.2) is 6.19 Å². The van der Waals surface area contributed by atoms with Crippen LogP contribution in [-0.2, 0) is 5.41 Å². The molecule has 7 heteroatoms. The number of amides is 1. The van der Waals surface area contributed by atoms with Gasteiger partial charge in [-0.3, -0.25) is 15.5 Å². The first kappa shape index (κ1) is 24.1. The molecule has 0 unspecified atom stereocenters. The Kier molecular flexibility index (Phi) is 7.94. The van der Waals surface area contributed by atoms with Crippen LogP contribution in [0.3, 0.4) is 0 Å². The van der Waals surface area contributed by atoms with Crippen LogP contribution in [0.5, 0.6) is 5.75 Å². The number of nitrogens with zero attached hydrogens (tertiary/aromatic N) is 2. The molecule has 2 aromatic rings. The quantitative estimate of drug-likeness (QED) is 0.258. The highest BCUT2D eigenvalue weighted by atomic mass is 16.5. The topological polar surface area (TPSA) is 101 Å². The Labute approximate surface area is 196 Å². The molecule has 0 aromatic heterocycles. The van der Waals surface area contributed by atoms with Crippen LogP contribution in [0.4, 0.5) is 0 Å². The molecular weight excluding hydrogens is 414 g/mol. The van der Waals surface area contributed by atoms with Crippen LogP contribution in [-0.4, -0.2) is 42.5 Å². The van der Waals surface area contributed by atoms with Crippen LogP contribution in [0.2, 0.25) is 0 Å². The summed E-state index contributed by atoms with van der Waals surface area (Å²) in [4.78, 5) is 15.0. The van der Waals surface area contributed by atoms with Crippen molar-refractivity contribution in [1.82, 2.24) is 15.5 Å². The van der Waals surface area contributed by atoms with Crippen molar-refractivity contribution in [3.63, 3.8) is 0 Å². The largest absolute Gasteiger partial charge is 0.490 e. The number of nitrogens with one attached hydrogen (secondary N) is 3. The number of guanidine groups is 1. The van der Waals surface area contributed by atoms with Crippen molar-refractivity contribution >= 4 is 11.9 Å². The normalized spacial score (nSPS) is 19.9. The van der Waals surface area contributed by atoms with E-state index in [-0.39, 0.29) is 29.4 Å². The zero-order valence-corrected chi connectivity index (χ0v) is 19.6. The molecule has 0 saturated heterocycles. The number of hydrogen-bond donors (Lipinski definition) is 3. The lowest BCUT2D eigenvalue weighted by molar-refractivity contribution is 0.0925. The number of carbonyl (C=O) groups excluding carboxylic acids is 1. The first-order valence-corrected chi connectivity index (χ1v) is 11.4. The highest BCUT2D eigenvalue weighted by Crippen LogP contribution is 2.40. The summed E-state index contributed by atoms with van der Waals surface area (Å²) < 4.78 is 5.84. The third-order valence-electron chi connectivity index (χ3n) is 6.45. The van der Waals surface area contributed by atoms with Crippen LogP contribution in [0.25, 0.3) is 0 Å². The molecule has 1 aliphatic rings. The summed E-state index contributed by atoms with van der Waals surface area (Å²) in [6.07, 6.45) is 5.28. The average molecular weight is 448 g/mol. The summed E-state index contributed by atoms with van der Waals surface area (Å²) in [5, 5.41) is 22.4. The molecule has 174 valence electrons. The molecular formula is C26H33N5O2. The van der Waals surface area contributed by atoms with Crippen molar-refractivity contribution in [2.24, 2.45) is 0 Å². The zero-order chi connectivity index (χ0) is 23.8. The van der Waals surface area contributed by atoms with Gasteiger partial charge in [0.1, 0.15) is 5.75 Å². The molecule has 7 nitrogen and oxygen atoms in total. The summed E-state index contributed by atoms with van der Waals surface area (Å²) in [5.41, 5.74) is 1.56. The number of para-hydroxylation sites is 1. The minimum Gasteiger partial charge on any atom is -0.490 e. The van der Waals surface area contributed by atoms with Crippen molar-refractivity contribution in [3.05, 3.63) is 65.7 Å². The zero-order valence-electron chi connectivity index (χ0n) is 19.6. The Morgan fingerprint density at radius 1 is 1.18 bits per heavy atom. The van der Waals surface area contributed by atoms with Crippen LogP contribution < -0.4 is 15.4 Å². The fourth-order valence-electron chi connectivity index (χ4n) is 4.58. The van der Waals surface area contributed by atoms with Gasteiger partial charge in [0.2, 0.25) is 5.96 Å². The SMILES string of the molecule is CC(C)Oc1ccccc1C(=O)NCC1(c2ccccc2)CCC(N(C)C(=N)NC#N)CC1. The molecule has 0 spiro atoms. The number of carbonyl (C=O) groups is 1. The lowest BCUT2D eigenvalue weighted by Gasteiger charge is -2.43. The molecule has 0 heterocycles. The predicted octanol–water partition coefficient (Wildman–Crippen LogP) is 4.02. The van der Waals surface area contributed by atoms with Gasteiger partial charge in [0, 0.05) is 25.0 Å². The Hall–Kier alpha value is -3.53. The minimum absolute atomic E-state index is 0.0175. The van der Waals surface area contributed by atoms with Crippen molar-refractivity contribution < 1.29 is 9.53 Å². The van der Waals surface area contributed by atoms with Gasteiger partial charge in [-0.25, -0.2) is 0 Å². The maximum Gasteiger partial charge on any atom is 0.255 e. The summed E-state index contributed by atoms with van der Waals surface area (Å²) >= 11 is 0. The van der Waals surface area contributed by atoms with Gasteiger partial charge in [-0.1, -0.05) is 42.5 Å². The van der Waals surface area contributed by atoms with Crippen LogP contribution in [0, 0.1) is 16.9 Å². The van der Waals surface area contributed by atoms with E-state index < -0.39 is 0 Å². The maximum absolute atomic E-state index is 13.1. The molecule has 2 aromatic carbocycles. The maximum atomic E-state index is 13.1. The molecule has 33 heavy (non-hydrogen) atoms. The first-order valence-electron chi connectivity index (χ1n) is 11.4. The Morgan fingerprint density at radius 2 is 1.82 bits per heavy atom. The number of rotatable bonds is 7. The van der Waals surface area contributed by atoms with Crippen molar-refractivity contribution in [1.29, 1.82) is 10.7 Å². The molecule has 1 amide bonds. The number of hydrogen-bond acceptors (Lipinski definition) is 4. The fourth-order valence-corrected chi connectivity index (χ4v) is 4.58. The second-order valence-electron chi connectivity index (χ2n) is 8.92. The molecule has 1 fully saturated rings. The highest BCUT2D eigenvalue weighted by molar-refractivity contribution is 5.97. The molecule has 0 bridgehead atoms. The van der Waals surface area contributed by atoms with E-state index in [4.69, 9.17) is 15.4 Å². The average Bonchev–Trinajstić information content (AvgIpc) is 2.83. The second-order valence-corrected chi connectivity index (χ2v) is 8.92. The van der Waals surface area contributed by atoms with Gasteiger partial charge >= 0.3 is 0 Å². The van der Waals surface area contributed by atoms with E-state index in [1.54, 1.807) is 6.07 Å². The van der Waals surface area contributed by atoms with E-state index in [1.807, 2.05) is 68.4 Å². The third-order valence-corrected chi connectivity index (χ3v) is 6.45. The fraction of sp³-hybridized carbons (Fsp3) is 0.423. The molecule has 0 atom stereocenters. The van der Waals surface area contributed by atoms with Gasteiger partial charge in [0.05, 0.1) is 11.7 Å². The number of nitriles is 1. The van der Waals surface area contributed by atoms with Crippen LogP contribution in [0.1, 0.15) is 55.5 Å². The summed E-state index contributed by atoms with van der Waals surface area (Å²) in [6.45, 7) is 4.41. The predicted molar refractivity (Wildman–Crippen MR) is 129 cm³/mol. The van der Waals surface area contributed by atoms with E-state index in [1.165, 1.54) is 5.56 Å². The molecule has 0 aliphatic heterocycles. The third kappa shape index (κ3) is 5.83. The minimum atomic E-state index is -0.188. The molecule has 1 aliphatic carbocycles. The molecule has 0 radical (unpaired) electrons. The van der Waals surface area contributed by atoms with Crippen molar-refractivity contribution in [2.45, 2.75) is 57.1 Å². The Balaban J connectivity index is 1.76. The van der Waals surface area contributed by atoms with Gasteiger partial charge in [-0.2, -0.15) is 5.26 Å². The Bertz CT molecular complexity index is 991. The van der Waals surface area contributed by atoms with Crippen molar-refractivity contribution in [2.75, 3.05) is 13.6 Å². The summed E-state index contributed by atoms with van der Waals surface area (Å²) in [7, 11) is 1.85. The van der Waals surface area contributed by atoms with Gasteiger partial charge < -0.3 is 15.0 Å². The first-order chi connectivity index (χ1) is 15.9. The van der Waals surface area contributed by atoms with E-state index in [9.17, 15) is 4.79 Å². The molecule has 1 saturated carbocycles. The van der Waals surface area contributed by atoms with Gasteiger partial charge in [-0.15, -0.1) is 0 Å². The lowest BCUT2D eigenvalue weighted by Crippen LogP contribution is -2.49. The Morgan fingerprint density at radius 3 is 2.45 bits per heavy atom.